The third-order valence-electron chi connectivity index (χ3n) is 7.81. The second-order valence-electron chi connectivity index (χ2n) is 11.7. The van der Waals surface area contributed by atoms with Crippen molar-refractivity contribution in [1.29, 1.82) is 0 Å². The average molecular weight is 531 g/mol. The van der Waals surface area contributed by atoms with E-state index in [0.717, 1.165) is 51.3 Å². The Labute approximate surface area is 235 Å². The Morgan fingerprint density at radius 3 is 2.32 bits per heavy atom. The SMILES string of the molecule is CC(C)(C)c1ccc(Cn2cc(C3CCNCC3)c3ccc(OCCCCc4ccccc4)cc32)cc1.Cl. The summed E-state index contributed by atoms with van der Waals surface area (Å²) in [6, 6.07) is 26.6. The molecular weight excluding hydrogens is 488 g/mol. The van der Waals surface area contributed by atoms with E-state index in [1.807, 2.05) is 0 Å². The van der Waals surface area contributed by atoms with Crippen molar-refractivity contribution < 1.29 is 4.74 Å². The summed E-state index contributed by atoms with van der Waals surface area (Å²) >= 11 is 0. The lowest BCUT2D eigenvalue weighted by Crippen LogP contribution is -2.26. The zero-order chi connectivity index (χ0) is 25.7. The van der Waals surface area contributed by atoms with Crippen LogP contribution < -0.4 is 10.1 Å². The van der Waals surface area contributed by atoms with Crippen LogP contribution in [0.5, 0.6) is 5.75 Å². The molecule has 0 radical (unpaired) electrons. The van der Waals surface area contributed by atoms with Crippen LogP contribution in [0.1, 0.15) is 74.6 Å². The van der Waals surface area contributed by atoms with E-state index in [1.165, 1.54) is 46.0 Å². The van der Waals surface area contributed by atoms with Gasteiger partial charge in [0.05, 0.1) is 12.1 Å². The predicted octanol–water partition coefficient (Wildman–Crippen LogP) is 8.28. The molecule has 5 rings (SSSR count). The van der Waals surface area contributed by atoms with Crippen molar-refractivity contribution >= 4 is 23.3 Å². The van der Waals surface area contributed by atoms with E-state index in [9.17, 15) is 0 Å². The van der Waals surface area contributed by atoms with Crippen molar-refractivity contribution in [2.45, 2.75) is 70.8 Å². The molecule has 0 unspecified atom stereocenters. The summed E-state index contributed by atoms with van der Waals surface area (Å²) in [6.07, 6.45) is 8.15. The van der Waals surface area contributed by atoms with Crippen LogP contribution in [0.3, 0.4) is 0 Å². The first-order chi connectivity index (χ1) is 18.0. The van der Waals surface area contributed by atoms with Crippen LogP contribution >= 0.6 is 12.4 Å². The number of benzene rings is 3. The molecule has 1 aliphatic rings. The molecule has 0 saturated carbocycles. The standard InChI is InChI=1S/C34H42N2O.ClH/c1-34(2,3)29-14-12-27(13-15-29)24-36-25-32(28-18-20-35-21-19-28)31-17-16-30(23-33(31)36)37-22-8-7-11-26-9-5-4-6-10-26;/h4-6,9-10,12-17,23,25,28,35H,7-8,11,18-22,24H2,1-3H3;1H. The maximum atomic E-state index is 6.24. The summed E-state index contributed by atoms with van der Waals surface area (Å²) in [5, 5.41) is 4.91. The van der Waals surface area contributed by atoms with Gasteiger partial charge in [0, 0.05) is 24.2 Å². The zero-order valence-electron chi connectivity index (χ0n) is 23.2. The Morgan fingerprint density at radius 2 is 1.61 bits per heavy atom. The minimum absolute atomic E-state index is 0. The van der Waals surface area contributed by atoms with Crippen LogP contribution in [-0.4, -0.2) is 24.3 Å². The minimum atomic E-state index is 0. The Morgan fingerprint density at radius 1 is 0.868 bits per heavy atom. The predicted molar refractivity (Wildman–Crippen MR) is 163 cm³/mol. The summed E-state index contributed by atoms with van der Waals surface area (Å²) in [6.45, 7) is 10.7. The number of fused-ring (bicyclic) bond motifs is 1. The summed E-state index contributed by atoms with van der Waals surface area (Å²) < 4.78 is 8.69. The number of rotatable bonds is 9. The molecule has 0 bridgehead atoms. The number of aryl methyl sites for hydroxylation is 1. The maximum absolute atomic E-state index is 6.24. The van der Waals surface area contributed by atoms with E-state index >= 15 is 0 Å². The summed E-state index contributed by atoms with van der Waals surface area (Å²) in [5.74, 6) is 1.60. The van der Waals surface area contributed by atoms with Gasteiger partial charge in [-0.3, -0.25) is 0 Å². The van der Waals surface area contributed by atoms with Crippen molar-refractivity contribution in [3.05, 3.63) is 101 Å². The lowest BCUT2D eigenvalue weighted by molar-refractivity contribution is 0.307. The molecule has 4 heteroatoms. The summed E-state index contributed by atoms with van der Waals surface area (Å²) in [5.41, 5.74) is 7.09. The molecule has 202 valence electrons. The van der Waals surface area contributed by atoms with Gasteiger partial charge in [0.15, 0.2) is 0 Å². The van der Waals surface area contributed by atoms with Gasteiger partial charge in [0.25, 0.3) is 0 Å². The molecule has 38 heavy (non-hydrogen) atoms. The Bertz CT molecular complexity index is 1280. The number of nitrogens with zero attached hydrogens (tertiary/aromatic N) is 1. The highest BCUT2D eigenvalue weighted by molar-refractivity contribution is 5.86. The number of piperidine rings is 1. The molecule has 1 N–H and O–H groups in total. The van der Waals surface area contributed by atoms with Gasteiger partial charge >= 0.3 is 0 Å². The van der Waals surface area contributed by atoms with Crippen LogP contribution in [0.2, 0.25) is 0 Å². The molecular formula is C34H43ClN2O. The fourth-order valence-corrected chi connectivity index (χ4v) is 5.55. The zero-order valence-corrected chi connectivity index (χ0v) is 24.0. The average Bonchev–Trinajstić information content (AvgIpc) is 3.27. The first-order valence-corrected chi connectivity index (χ1v) is 14.1. The number of unbranched alkanes of at least 4 members (excludes halogenated alkanes) is 1. The van der Waals surface area contributed by atoms with Gasteiger partial charge in [-0.1, -0.05) is 75.4 Å². The van der Waals surface area contributed by atoms with Crippen LogP contribution in [-0.2, 0) is 18.4 Å². The van der Waals surface area contributed by atoms with Crippen molar-refractivity contribution in [3.8, 4) is 5.75 Å². The highest BCUT2D eigenvalue weighted by atomic mass is 35.5. The number of nitrogens with one attached hydrogen (secondary N) is 1. The quantitative estimate of drug-likeness (QED) is 0.220. The minimum Gasteiger partial charge on any atom is -0.494 e. The second kappa shape index (κ2) is 12.9. The fraction of sp³-hybridized carbons (Fsp3) is 0.412. The summed E-state index contributed by atoms with van der Waals surface area (Å²) in [7, 11) is 0. The maximum Gasteiger partial charge on any atom is 0.121 e. The van der Waals surface area contributed by atoms with E-state index in [-0.39, 0.29) is 17.8 Å². The van der Waals surface area contributed by atoms with Crippen molar-refractivity contribution in [2.75, 3.05) is 19.7 Å². The highest BCUT2D eigenvalue weighted by Gasteiger charge is 2.21. The lowest BCUT2D eigenvalue weighted by atomic mass is 9.87. The number of aromatic nitrogens is 1. The van der Waals surface area contributed by atoms with Crippen molar-refractivity contribution in [3.63, 3.8) is 0 Å². The van der Waals surface area contributed by atoms with Crippen molar-refractivity contribution in [2.24, 2.45) is 0 Å². The van der Waals surface area contributed by atoms with Crippen LogP contribution in [0, 0.1) is 0 Å². The normalized spacial score (nSPS) is 14.4. The molecule has 0 aliphatic carbocycles. The van der Waals surface area contributed by atoms with Gasteiger partial charge in [-0.2, -0.15) is 0 Å². The van der Waals surface area contributed by atoms with Gasteiger partial charge in [-0.25, -0.2) is 0 Å². The van der Waals surface area contributed by atoms with Gasteiger partial charge < -0.3 is 14.6 Å². The topological polar surface area (TPSA) is 26.2 Å². The monoisotopic (exact) mass is 530 g/mol. The first kappa shape index (κ1) is 28.3. The Hall–Kier alpha value is -2.75. The molecule has 2 heterocycles. The molecule has 1 aliphatic heterocycles. The highest BCUT2D eigenvalue weighted by Crippen LogP contribution is 2.35. The molecule has 4 aromatic rings. The molecule has 3 nitrogen and oxygen atoms in total. The third-order valence-corrected chi connectivity index (χ3v) is 7.81. The first-order valence-electron chi connectivity index (χ1n) is 14.1. The molecule has 3 aromatic carbocycles. The molecule has 1 fully saturated rings. The number of hydrogen-bond acceptors (Lipinski definition) is 2. The van der Waals surface area contributed by atoms with Gasteiger partial charge in [-0.05, 0) is 90.9 Å². The summed E-state index contributed by atoms with van der Waals surface area (Å²) in [4.78, 5) is 0. The number of ether oxygens (including phenoxy) is 1. The van der Waals surface area contributed by atoms with Crippen molar-refractivity contribution in [1.82, 2.24) is 9.88 Å². The molecule has 0 amide bonds. The Kier molecular flexibility index (Phi) is 9.57. The van der Waals surface area contributed by atoms with E-state index < -0.39 is 0 Å². The van der Waals surface area contributed by atoms with Crippen LogP contribution in [0.4, 0.5) is 0 Å². The fourth-order valence-electron chi connectivity index (χ4n) is 5.55. The molecule has 0 atom stereocenters. The smallest absolute Gasteiger partial charge is 0.121 e. The second-order valence-corrected chi connectivity index (χ2v) is 11.7. The van der Waals surface area contributed by atoms with Crippen LogP contribution in [0.25, 0.3) is 10.9 Å². The number of hydrogen-bond donors (Lipinski definition) is 1. The van der Waals surface area contributed by atoms with Gasteiger partial charge in [-0.15, -0.1) is 12.4 Å². The lowest BCUT2D eigenvalue weighted by Gasteiger charge is -2.22. The van der Waals surface area contributed by atoms with E-state index in [2.05, 4.69) is 110 Å². The largest absolute Gasteiger partial charge is 0.494 e. The van der Waals surface area contributed by atoms with E-state index in [0.29, 0.717) is 5.92 Å². The van der Waals surface area contributed by atoms with Gasteiger partial charge in [0.2, 0.25) is 0 Å². The van der Waals surface area contributed by atoms with E-state index in [1.54, 1.807) is 0 Å². The number of halogens is 1. The molecule has 0 spiro atoms. The third kappa shape index (κ3) is 7.01. The van der Waals surface area contributed by atoms with Crippen LogP contribution in [0.15, 0.2) is 79.0 Å². The molecule has 1 saturated heterocycles. The Balaban J connectivity index is 0.00000336. The molecule has 1 aromatic heterocycles. The van der Waals surface area contributed by atoms with Gasteiger partial charge in [0.1, 0.15) is 5.75 Å². The van der Waals surface area contributed by atoms with E-state index in [4.69, 9.17) is 4.74 Å².